The second-order valence-electron chi connectivity index (χ2n) is 7.74. The summed E-state index contributed by atoms with van der Waals surface area (Å²) < 4.78 is 0. The van der Waals surface area contributed by atoms with Crippen LogP contribution in [0.2, 0.25) is 5.02 Å². The fourth-order valence-corrected chi connectivity index (χ4v) is 5.32. The smallest absolute Gasteiger partial charge is 0.251 e. The first-order valence-electron chi connectivity index (χ1n) is 10.2. The van der Waals surface area contributed by atoms with Gasteiger partial charge in [-0.2, -0.15) is 0 Å². The van der Waals surface area contributed by atoms with Gasteiger partial charge >= 0.3 is 0 Å². The molecule has 1 N–H and O–H groups in total. The summed E-state index contributed by atoms with van der Waals surface area (Å²) in [5.41, 5.74) is 2.78. The summed E-state index contributed by atoms with van der Waals surface area (Å²) in [7, 11) is 0. The summed E-state index contributed by atoms with van der Waals surface area (Å²) >= 11 is 7.59. The Kier molecular flexibility index (Phi) is 6.46. The lowest BCUT2D eigenvalue weighted by Gasteiger charge is -2.25. The van der Waals surface area contributed by atoms with Crippen molar-refractivity contribution in [2.75, 3.05) is 5.75 Å². The molecule has 1 heterocycles. The monoisotopic (exact) mass is 428 g/mol. The van der Waals surface area contributed by atoms with Crippen molar-refractivity contribution in [2.45, 2.75) is 50.1 Å². The van der Waals surface area contributed by atoms with Crippen LogP contribution in [0.25, 0.3) is 0 Å². The van der Waals surface area contributed by atoms with Gasteiger partial charge in [-0.15, -0.1) is 11.8 Å². The molecule has 2 aromatic carbocycles. The number of rotatable bonds is 5. The first-order valence-corrected chi connectivity index (χ1v) is 11.6. The molecule has 6 heteroatoms. The highest BCUT2D eigenvalue weighted by atomic mass is 35.5. The zero-order valence-corrected chi connectivity index (χ0v) is 17.8. The minimum absolute atomic E-state index is 0.00313. The van der Waals surface area contributed by atoms with Crippen LogP contribution < -0.4 is 5.32 Å². The number of nitrogens with one attached hydrogen (secondary N) is 1. The molecule has 0 bridgehead atoms. The molecule has 1 saturated heterocycles. The molecule has 0 radical (unpaired) electrons. The summed E-state index contributed by atoms with van der Waals surface area (Å²) in [5, 5.41) is 3.81. The van der Waals surface area contributed by atoms with E-state index in [9.17, 15) is 9.59 Å². The van der Waals surface area contributed by atoms with E-state index in [1.165, 1.54) is 19.3 Å². The molecule has 2 fully saturated rings. The number of hydrogen-bond donors (Lipinski definition) is 1. The molecular formula is C23H25ClN2O2S. The highest BCUT2D eigenvalue weighted by molar-refractivity contribution is 8.00. The van der Waals surface area contributed by atoms with Gasteiger partial charge in [0.25, 0.3) is 5.91 Å². The third-order valence-electron chi connectivity index (χ3n) is 5.63. The topological polar surface area (TPSA) is 49.4 Å². The lowest BCUT2D eigenvalue weighted by molar-refractivity contribution is -0.128. The molecule has 2 aliphatic rings. The van der Waals surface area contributed by atoms with Crippen molar-refractivity contribution in [3.8, 4) is 0 Å². The quantitative estimate of drug-likeness (QED) is 0.714. The van der Waals surface area contributed by atoms with Crippen LogP contribution in [0.1, 0.15) is 59.0 Å². The molecule has 152 valence electrons. The van der Waals surface area contributed by atoms with Crippen LogP contribution in [0.4, 0.5) is 0 Å². The van der Waals surface area contributed by atoms with Crippen molar-refractivity contribution in [3.05, 3.63) is 70.2 Å². The third-order valence-corrected chi connectivity index (χ3v) is 7.14. The van der Waals surface area contributed by atoms with Gasteiger partial charge in [-0.1, -0.05) is 55.1 Å². The highest BCUT2D eigenvalue weighted by Crippen LogP contribution is 2.39. The van der Waals surface area contributed by atoms with E-state index in [-0.39, 0.29) is 17.2 Å². The van der Waals surface area contributed by atoms with Crippen molar-refractivity contribution in [1.82, 2.24) is 10.2 Å². The minimum Gasteiger partial charge on any atom is -0.349 e. The van der Waals surface area contributed by atoms with Gasteiger partial charge in [0.15, 0.2) is 0 Å². The van der Waals surface area contributed by atoms with Crippen LogP contribution >= 0.6 is 23.4 Å². The number of nitrogens with zero attached hydrogens (tertiary/aromatic N) is 1. The molecule has 2 amide bonds. The standard InChI is InChI=1S/C23H25ClN2O2S/c24-19-12-6-16(7-13-19)14-26-21(27)15-29-23(26)18-10-8-17(9-11-18)22(28)25-20-4-2-1-3-5-20/h6-13,20,23H,1-5,14-15H2,(H,25,28)/t23-/m1/s1. The fourth-order valence-electron chi connectivity index (χ4n) is 4.00. The highest BCUT2D eigenvalue weighted by Gasteiger charge is 2.32. The molecule has 2 aromatic rings. The van der Waals surface area contributed by atoms with E-state index >= 15 is 0 Å². The average molecular weight is 429 g/mol. The predicted molar refractivity (Wildman–Crippen MR) is 118 cm³/mol. The Balaban J connectivity index is 1.43. The Morgan fingerprint density at radius 2 is 1.72 bits per heavy atom. The number of carbonyl (C=O) groups excluding carboxylic acids is 2. The number of thioether (sulfide) groups is 1. The maximum Gasteiger partial charge on any atom is 0.251 e. The summed E-state index contributed by atoms with van der Waals surface area (Å²) in [6.07, 6.45) is 5.81. The van der Waals surface area contributed by atoms with Gasteiger partial charge in [-0.3, -0.25) is 9.59 Å². The van der Waals surface area contributed by atoms with Gasteiger partial charge < -0.3 is 10.2 Å². The van der Waals surface area contributed by atoms with E-state index in [1.54, 1.807) is 11.8 Å². The number of halogens is 1. The van der Waals surface area contributed by atoms with E-state index in [0.29, 0.717) is 28.9 Å². The number of hydrogen-bond acceptors (Lipinski definition) is 3. The van der Waals surface area contributed by atoms with Crippen molar-refractivity contribution >= 4 is 35.2 Å². The van der Waals surface area contributed by atoms with E-state index < -0.39 is 0 Å². The lowest BCUT2D eigenvalue weighted by atomic mass is 9.95. The first-order chi connectivity index (χ1) is 14.1. The third kappa shape index (κ3) is 4.96. The molecule has 29 heavy (non-hydrogen) atoms. The van der Waals surface area contributed by atoms with Gasteiger partial charge in [0.05, 0.1) is 5.75 Å². The molecule has 1 aliphatic carbocycles. The summed E-state index contributed by atoms with van der Waals surface area (Å²) in [4.78, 5) is 26.9. The van der Waals surface area contributed by atoms with Gasteiger partial charge in [0.2, 0.25) is 5.91 Å². The molecule has 0 aromatic heterocycles. The minimum atomic E-state index is -0.0337. The summed E-state index contributed by atoms with van der Waals surface area (Å²) in [6.45, 7) is 0.553. The molecule has 1 saturated carbocycles. The largest absolute Gasteiger partial charge is 0.349 e. The van der Waals surface area contributed by atoms with Crippen molar-refractivity contribution in [3.63, 3.8) is 0 Å². The second-order valence-corrected chi connectivity index (χ2v) is 9.25. The Morgan fingerprint density at radius 3 is 2.41 bits per heavy atom. The van der Waals surface area contributed by atoms with Crippen molar-refractivity contribution < 1.29 is 9.59 Å². The average Bonchev–Trinajstić information content (AvgIpc) is 3.11. The summed E-state index contributed by atoms with van der Waals surface area (Å²) in [5.74, 6) is 0.605. The van der Waals surface area contributed by atoms with Gasteiger partial charge in [-0.25, -0.2) is 0 Å². The predicted octanol–water partition coefficient (Wildman–Crippen LogP) is 5.18. The van der Waals surface area contributed by atoms with E-state index in [0.717, 1.165) is 24.0 Å². The lowest BCUT2D eigenvalue weighted by Crippen LogP contribution is -2.36. The zero-order valence-electron chi connectivity index (χ0n) is 16.3. The Labute approximate surface area is 181 Å². The van der Waals surface area contributed by atoms with Gasteiger partial charge in [0.1, 0.15) is 5.37 Å². The maximum absolute atomic E-state index is 12.5. The van der Waals surface area contributed by atoms with Crippen molar-refractivity contribution in [2.24, 2.45) is 0 Å². The molecule has 1 aliphatic heterocycles. The Bertz CT molecular complexity index is 863. The van der Waals surface area contributed by atoms with Gasteiger partial charge in [0, 0.05) is 23.2 Å². The first kappa shape index (κ1) is 20.3. The second kappa shape index (κ2) is 9.23. The van der Waals surface area contributed by atoms with E-state index in [4.69, 9.17) is 11.6 Å². The van der Waals surface area contributed by atoms with Crippen LogP contribution in [0.15, 0.2) is 48.5 Å². The SMILES string of the molecule is O=C(NC1CCCCC1)c1ccc([C@H]2SCC(=O)N2Cc2ccc(Cl)cc2)cc1. The van der Waals surface area contributed by atoms with E-state index in [1.807, 2.05) is 53.4 Å². The normalized spacial score (nSPS) is 20.1. The maximum atomic E-state index is 12.5. The van der Waals surface area contributed by atoms with Crippen LogP contribution in [0.3, 0.4) is 0 Å². The van der Waals surface area contributed by atoms with Crippen LogP contribution in [0, 0.1) is 0 Å². The van der Waals surface area contributed by atoms with E-state index in [2.05, 4.69) is 5.32 Å². The number of amides is 2. The molecule has 4 nitrogen and oxygen atoms in total. The number of benzene rings is 2. The zero-order chi connectivity index (χ0) is 20.2. The Hall–Kier alpha value is -1.98. The molecule has 0 unspecified atom stereocenters. The molecular weight excluding hydrogens is 404 g/mol. The van der Waals surface area contributed by atoms with Crippen LogP contribution in [0.5, 0.6) is 0 Å². The summed E-state index contributed by atoms with van der Waals surface area (Å²) in [6, 6.07) is 15.6. The molecule has 4 rings (SSSR count). The van der Waals surface area contributed by atoms with Crippen molar-refractivity contribution in [1.29, 1.82) is 0 Å². The Morgan fingerprint density at radius 1 is 1.03 bits per heavy atom. The van der Waals surface area contributed by atoms with Gasteiger partial charge in [-0.05, 0) is 48.2 Å². The van der Waals surface area contributed by atoms with Crippen LogP contribution in [-0.4, -0.2) is 28.5 Å². The van der Waals surface area contributed by atoms with Crippen LogP contribution in [-0.2, 0) is 11.3 Å². The molecule has 0 spiro atoms. The fraction of sp³-hybridized carbons (Fsp3) is 0.391. The molecule has 1 atom stereocenters. The number of carbonyl (C=O) groups is 2.